The molecule has 1 saturated heterocycles. The van der Waals surface area contributed by atoms with Gasteiger partial charge in [-0.15, -0.1) is 0 Å². The van der Waals surface area contributed by atoms with Gasteiger partial charge in [-0.1, -0.05) is 0 Å². The van der Waals surface area contributed by atoms with E-state index in [-0.39, 0.29) is 12.0 Å². The Labute approximate surface area is 83.4 Å². The molecule has 0 aromatic carbocycles. The van der Waals surface area contributed by atoms with Crippen LogP contribution in [0.1, 0.15) is 12.8 Å². The summed E-state index contributed by atoms with van der Waals surface area (Å²) in [6.45, 7) is 0.944. The summed E-state index contributed by atoms with van der Waals surface area (Å²) in [4.78, 5) is 10.7. The standard InChI is InChI=1S/C6H11NO2.CH4O3S/c1-9-6(8)5-3-2-4-7-5;1-5(2,3)4/h5,7H,2-4H2,1H3;1H3,(H,2,3,4)/t5-;/m0./s1. The summed E-state index contributed by atoms with van der Waals surface area (Å²) in [5.41, 5.74) is 0. The summed E-state index contributed by atoms with van der Waals surface area (Å²) in [5, 5.41) is 3.03. The summed E-state index contributed by atoms with van der Waals surface area (Å²) in [5.74, 6) is -0.132. The highest BCUT2D eigenvalue weighted by atomic mass is 32.2. The Morgan fingerprint density at radius 1 is 1.57 bits per heavy atom. The van der Waals surface area contributed by atoms with Crippen LogP contribution in [-0.4, -0.2) is 44.9 Å². The molecule has 0 aromatic heterocycles. The second-order valence-electron chi connectivity index (χ2n) is 2.91. The van der Waals surface area contributed by atoms with E-state index in [2.05, 4.69) is 10.1 Å². The van der Waals surface area contributed by atoms with E-state index in [0.717, 1.165) is 19.4 Å². The van der Waals surface area contributed by atoms with Crippen molar-refractivity contribution in [1.29, 1.82) is 0 Å². The molecule has 0 aliphatic carbocycles. The fraction of sp³-hybridized carbons (Fsp3) is 0.857. The van der Waals surface area contributed by atoms with Gasteiger partial charge in [0.15, 0.2) is 0 Å². The first-order chi connectivity index (χ1) is 6.34. The third-order valence-electron chi connectivity index (χ3n) is 1.55. The molecular weight excluding hydrogens is 210 g/mol. The highest BCUT2D eigenvalue weighted by Crippen LogP contribution is 2.05. The molecule has 1 heterocycles. The first-order valence-corrected chi connectivity index (χ1v) is 5.93. The highest BCUT2D eigenvalue weighted by Gasteiger charge is 2.21. The third-order valence-corrected chi connectivity index (χ3v) is 1.55. The van der Waals surface area contributed by atoms with Gasteiger partial charge in [0.2, 0.25) is 0 Å². The lowest BCUT2D eigenvalue weighted by molar-refractivity contribution is -0.142. The normalized spacial score (nSPS) is 20.9. The average molecular weight is 225 g/mol. The van der Waals surface area contributed by atoms with Crippen molar-refractivity contribution in [2.45, 2.75) is 18.9 Å². The van der Waals surface area contributed by atoms with Crippen LogP contribution in [-0.2, 0) is 19.6 Å². The zero-order valence-electron chi connectivity index (χ0n) is 8.19. The van der Waals surface area contributed by atoms with Crippen molar-refractivity contribution in [3.63, 3.8) is 0 Å². The van der Waals surface area contributed by atoms with Gasteiger partial charge in [-0.25, -0.2) is 0 Å². The topological polar surface area (TPSA) is 92.7 Å². The van der Waals surface area contributed by atoms with Crippen molar-refractivity contribution in [1.82, 2.24) is 5.32 Å². The Hall–Kier alpha value is -0.660. The van der Waals surface area contributed by atoms with Crippen LogP contribution in [0.3, 0.4) is 0 Å². The predicted molar refractivity (Wildman–Crippen MR) is 50.5 cm³/mol. The van der Waals surface area contributed by atoms with Gasteiger partial charge in [0.05, 0.1) is 13.4 Å². The van der Waals surface area contributed by atoms with Gasteiger partial charge in [0.25, 0.3) is 10.1 Å². The summed E-state index contributed by atoms with van der Waals surface area (Å²) in [6, 6.07) is -0.0324. The van der Waals surface area contributed by atoms with Gasteiger partial charge in [-0.2, -0.15) is 8.42 Å². The lowest BCUT2D eigenvalue weighted by atomic mass is 10.2. The molecule has 1 atom stereocenters. The maximum Gasteiger partial charge on any atom is 0.322 e. The summed E-state index contributed by atoms with van der Waals surface area (Å²) in [6.07, 6.45) is 2.72. The number of hydrogen-bond donors (Lipinski definition) is 2. The van der Waals surface area contributed by atoms with E-state index in [1.165, 1.54) is 7.11 Å². The van der Waals surface area contributed by atoms with E-state index in [4.69, 9.17) is 4.55 Å². The molecule has 0 bridgehead atoms. The number of methoxy groups -OCH3 is 1. The minimum Gasteiger partial charge on any atom is -0.468 e. The van der Waals surface area contributed by atoms with E-state index < -0.39 is 10.1 Å². The van der Waals surface area contributed by atoms with E-state index in [1.807, 2.05) is 0 Å². The molecule has 0 radical (unpaired) electrons. The van der Waals surface area contributed by atoms with Crippen LogP contribution in [0.4, 0.5) is 0 Å². The molecule has 6 nitrogen and oxygen atoms in total. The quantitative estimate of drug-likeness (QED) is 0.458. The Kier molecular flexibility index (Phi) is 5.66. The van der Waals surface area contributed by atoms with Gasteiger partial charge in [0.1, 0.15) is 6.04 Å². The molecule has 14 heavy (non-hydrogen) atoms. The van der Waals surface area contributed by atoms with Crippen molar-refractivity contribution in [2.24, 2.45) is 0 Å². The fourth-order valence-electron chi connectivity index (χ4n) is 1.03. The fourth-order valence-corrected chi connectivity index (χ4v) is 1.03. The van der Waals surface area contributed by atoms with Crippen LogP contribution in [0.15, 0.2) is 0 Å². The van der Waals surface area contributed by atoms with Crippen LogP contribution >= 0.6 is 0 Å². The minimum atomic E-state index is -3.67. The number of carbonyl (C=O) groups is 1. The average Bonchev–Trinajstić information content (AvgIpc) is 2.51. The summed E-state index contributed by atoms with van der Waals surface area (Å²) >= 11 is 0. The zero-order valence-corrected chi connectivity index (χ0v) is 9.00. The van der Waals surface area contributed by atoms with Crippen LogP contribution in [0.2, 0.25) is 0 Å². The summed E-state index contributed by atoms with van der Waals surface area (Å²) in [7, 11) is -2.25. The molecule has 1 rings (SSSR count). The number of hydrogen-bond acceptors (Lipinski definition) is 5. The monoisotopic (exact) mass is 225 g/mol. The third kappa shape index (κ3) is 7.96. The van der Waals surface area contributed by atoms with Crippen molar-refractivity contribution in [3.05, 3.63) is 0 Å². The number of nitrogens with one attached hydrogen (secondary N) is 1. The van der Waals surface area contributed by atoms with Crippen molar-refractivity contribution >= 4 is 16.1 Å². The number of esters is 1. The molecule has 1 fully saturated rings. The molecule has 7 heteroatoms. The first kappa shape index (κ1) is 13.3. The molecule has 84 valence electrons. The van der Waals surface area contributed by atoms with Crippen molar-refractivity contribution < 1.29 is 22.5 Å². The van der Waals surface area contributed by atoms with Gasteiger partial charge in [-0.3, -0.25) is 9.35 Å². The molecule has 0 saturated carbocycles. The molecular formula is C7H15NO5S. The molecule has 0 unspecified atom stereocenters. The minimum absolute atomic E-state index is 0.0324. The van der Waals surface area contributed by atoms with Crippen LogP contribution in [0, 0.1) is 0 Å². The molecule has 2 N–H and O–H groups in total. The lowest BCUT2D eigenvalue weighted by Gasteiger charge is -2.04. The second kappa shape index (κ2) is 5.94. The zero-order chi connectivity index (χ0) is 11.2. The molecule has 1 aliphatic heterocycles. The van der Waals surface area contributed by atoms with Gasteiger partial charge < -0.3 is 10.1 Å². The van der Waals surface area contributed by atoms with E-state index in [1.54, 1.807) is 0 Å². The SMILES string of the molecule is COC(=O)[C@@H]1CCCN1.CS(=O)(=O)O. The lowest BCUT2D eigenvalue weighted by Crippen LogP contribution is -2.31. The highest BCUT2D eigenvalue weighted by molar-refractivity contribution is 7.85. The Balaban J connectivity index is 0.000000292. The van der Waals surface area contributed by atoms with Crippen molar-refractivity contribution in [2.75, 3.05) is 19.9 Å². The smallest absolute Gasteiger partial charge is 0.322 e. The van der Waals surface area contributed by atoms with Crippen molar-refractivity contribution in [3.8, 4) is 0 Å². The predicted octanol–water partition coefficient (Wildman–Crippen LogP) is -0.585. The number of carbonyl (C=O) groups excluding carboxylic acids is 1. The molecule has 1 aliphatic rings. The van der Waals surface area contributed by atoms with Gasteiger partial charge in [0, 0.05) is 0 Å². The number of rotatable bonds is 1. The first-order valence-electron chi connectivity index (χ1n) is 4.08. The molecule has 0 aromatic rings. The maximum atomic E-state index is 10.7. The van der Waals surface area contributed by atoms with E-state index in [9.17, 15) is 13.2 Å². The van der Waals surface area contributed by atoms with Crippen LogP contribution in [0.5, 0.6) is 0 Å². The number of ether oxygens (including phenoxy) is 1. The van der Waals surface area contributed by atoms with Gasteiger partial charge in [-0.05, 0) is 19.4 Å². The van der Waals surface area contributed by atoms with Crippen LogP contribution < -0.4 is 5.32 Å². The van der Waals surface area contributed by atoms with Crippen LogP contribution in [0.25, 0.3) is 0 Å². The largest absolute Gasteiger partial charge is 0.468 e. The Morgan fingerprint density at radius 2 is 2.07 bits per heavy atom. The Bertz CT molecular complexity index is 260. The summed E-state index contributed by atoms with van der Waals surface area (Å²) < 4.78 is 30.4. The Morgan fingerprint density at radius 3 is 2.36 bits per heavy atom. The van der Waals surface area contributed by atoms with Gasteiger partial charge >= 0.3 is 5.97 Å². The molecule has 0 spiro atoms. The van der Waals surface area contributed by atoms with E-state index >= 15 is 0 Å². The second-order valence-corrected chi connectivity index (χ2v) is 4.37. The van der Waals surface area contributed by atoms with E-state index in [0.29, 0.717) is 6.26 Å². The molecule has 0 amide bonds. The maximum absolute atomic E-state index is 10.7.